The van der Waals surface area contributed by atoms with Crippen LogP contribution in [0.25, 0.3) is 0 Å². The quantitative estimate of drug-likeness (QED) is 0.327. The van der Waals surface area contributed by atoms with E-state index >= 15 is 0 Å². The SMILES string of the molecule is Cc1nc(CN(C)C(=O)NC(C(=O)Oc2ccc([N+](=O)[O-])cc2)C(C)C)cs1. The second-order valence-electron chi connectivity index (χ2n) is 6.56. The Balaban J connectivity index is 1.99. The van der Waals surface area contributed by atoms with Gasteiger partial charge in [0.2, 0.25) is 0 Å². The number of hydrogen-bond acceptors (Lipinski definition) is 7. The van der Waals surface area contributed by atoms with Gasteiger partial charge in [0, 0.05) is 24.6 Å². The summed E-state index contributed by atoms with van der Waals surface area (Å²) >= 11 is 1.50. The number of nitrogens with one attached hydrogen (secondary N) is 1. The van der Waals surface area contributed by atoms with Crippen LogP contribution in [0.1, 0.15) is 24.5 Å². The van der Waals surface area contributed by atoms with Gasteiger partial charge in [0.05, 0.1) is 22.2 Å². The highest BCUT2D eigenvalue weighted by molar-refractivity contribution is 7.09. The molecule has 0 aliphatic rings. The van der Waals surface area contributed by atoms with Crippen molar-refractivity contribution in [2.24, 2.45) is 5.92 Å². The number of benzene rings is 1. The number of aromatic nitrogens is 1. The molecule has 10 heteroatoms. The number of thiazole rings is 1. The summed E-state index contributed by atoms with van der Waals surface area (Å²) < 4.78 is 5.27. The van der Waals surface area contributed by atoms with E-state index in [9.17, 15) is 19.7 Å². The van der Waals surface area contributed by atoms with Crippen molar-refractivity contribution in [3.63, 3.8) is 0 Å². The van der Waals surface area contributed by atoms with Crippen molar-refractivity contribution >= 4 is 29.0 Å². The van der Waals surface area contributed by atoms with Gasteiger partial charge in [-0.25, -0.2) is 14.6 Å². The summed E-state index contributed by atoms with van der Waals surface area (Å²) in [6, 6.07) is 3.87. The molecule has 2 aromatic rings. The fourth-order valence-electron chi connectivity index (χ4n) is 2.35. The van der Waals surface area contributed by atoms with Crippen molar-refractivity contribution in [2.75, 3.05) is 7.05 Å². The van der Waals surface area contributed by atoms with E-state index in [1.165, 1.54) is 40.5 Å². The molecule has 0 radical (unpaired) electrons. The number of nitro groups is 1. The highest BCUT2D eigenvalue weighted by Gasteiger charge is 2.27. The van der Waals surface area contributed by atoms with Gasteiger partial charge in [-0.05, 0) is 25.0 Å². The predicted molar refractivity (Wildman–Crippen MR) is 104 cm³/mol. The summed E-state index contributed by atoms with van der Waals surface area (Å²) in [5, 5.41) is 16.2. The summed E-state index contributed by atoms with van der Waals surface area (Å²) in [5.41, 5.74) is 0.669. The lowest BCUT2D eigenvalue weighted by Gasteiger charge is -2.24. The number of esters is 1. The number of urea groups is 1. The van der Waals surface area contributed by atoms with E-state index in [1.807, 2.05) is 12.3 Å². The molecule has 1 atom stereocenters. The summed E-state index contributed by atoms with van der Waals surface area (Å²) in [6.45, 7) is 5.77. The first-order valence-corrected chi connectivity index (χ1v) is 9.44. The first-order valence-electron chi connectivity index (χ1n) is 8.56. The Morgan fingerprint density at radius 2 is 1.96 bits per heavy atom. The van der Waals surface area contributed by atoms with E-state index in [0.29, 0.717) is 6.54 Å². The molecule has 9 nitrogen and oxygen atoms in total. The van der Waals surface area contributed by atoms with Crippen LogP contribution >= 0.6 is 11.3 Å². The van der Waals surface area contributed by atoms with E-state index < -0.39 is 23.0 Å². The summed E-state index contributed by atoms with van der Waals surface area (Å²) in [6.07, 6.45) is 0. The van der Waals surface area contributed by atoms with Crippen molar-refractivity contribution in [3.05, 3.63) is 50.5 Å². The number of carbonyl (C=O) groups is 2. The first-order chi connectivity index (χ1) is 13.2. The van der Waals surface area contributed by atoms with Crippen LogP contribution in [0.5, 0.6) is 5.75 Å². The minimum Gasteiger partial charge on any atom is -0.425 e. The largest absolute Gasteiger partial charge is 0.425 e. The third kappa shape index (κ3) is 5.74. The summed E-state index contributed by atoms with van der Waals surface area (Å²) in [4.78, 5) is 40.8. The lowest BCUT2D eigenvalue weighted by Crippen LogP contribution is -2.50. The number of amides is 2. The van der Waals surface area contributed by atoms with Crippen LogP contribution in [0, 0.1) is 23.0 Å². The van der Waals surface area contributed by atoms with Gasteiger partial charge in [0.15, 0.2) is 0 Å². The van der Waals surface area contributed by atoms with Crippen molar-refractivity contribution < 1.29 is 19.2 Å². The van der Waals surface area contributed by atoms with Crippen LogP contribution in [-0.4, -0.2) is 39.9 Å². The van der Waals surface area contributed by atoms with Crippen molar-refractivity contribution in [3.8, 4) is 5.75 Å². The molecule has 28 heavy (non-hydrogen) atoms. The number of non-ortho nitro benzene ring substituents is 1. The van der Waals surface area contributed by atoms with Crippen LogP contribution in [0.2, 0.25) is 0 Å². The molecule has 1 aromatic carbocycles. The van der Waals surface area contributed by atoms with E-state index in [0.717, 1.165) is 10.7 Å². The zero-order valence-electron chi connectivity index (χ0n) is 16.0. The number of carbonyl (C=O) groups excluding carboxylic acids is 2. The van der Waals surface area contributed by atoms with E-state index in [1.54, 1.807) is 20.9 Å². The molecule has 2 rings (SSSR count). The fraction of sp³-hybridized carbons (Fsp3) is 0.389. The molecule has 0 saturated carbocycles. The van der Waals surface area contributed by atoms with Crippen LogP contribution in [0.3, 0.4) is 0 Å². The Morgan fingerprint density at radius 1 is 1.32 bits per heavy atom. The van der Waals surface area contributed by atoms with Crippen LogP contribution < -0.4 is 10.1 Å². The number of nitrogens with zero attached hydrogens (tertiary/aromatic N) is 3. The third-order valence-electron chi connectivity index (χ3n) is 3.88. The van der Waals surface area contributed by atoms with Gasteiger partial charge < -0.3 is 15.0 Å². The standard InChI is InChI=1S/C18H22N4O5S/c1-11(2)16(17(23)27-15-7-5-14(6-8-15)22(25)26)20-18(24)21(4)9-13-10-28-12(3)19-13/h5-8,10-11,16H,9H2,1-4H3,(H,20,24). The predicted octanol–water partition coefficient (Wildman–Crippen LogP) is 3.13. The molecule has 0 fully saturated rings. The average Bonchev–Trinajstić information content (AvgIpc) is 3.04. The molecule has 0 aliphatic heterocycles. The second kappa shape index (κ2) is 9.27. The highest BCUT2D eigenvalue weighted by Crippen LogP contribution is 2.18. The summed E-state index contributed by atoms with van der Waals surface area (Å²) in [5.74, 6) is -0.693. The van der Waals surface area contributed by atoms with E-state index in [2.05, 4.69) is 10.3 Å². The van der Waals surface area contributed by atoms with Gasteiger partial charge in [-0.1, -0.05) is 13.8 Å². The molecule has 150 valence electrons. The molecule has 1 aromatic heterocycles. The molecule has 1 unspecified atom stereocenters. The Labute approximate surface area is 166 Å². The zero-order chi connectivity index (χ0) is 20.8. The smallest absolute Gasteiger partial charge is 0.334 e. The number of aryl methyl sites for hydroxylation is 1. The van der Waals surface area contributed by atoms with Crippen molar-refractivity contribution in [1.29, 1.82) is 0 Å². The van der Waals surface area contributed by atoms with E-state index in [4.69, 9.17) is 4.74 Å². The van der Waals surface area contributed by atoms with Crippen LogP contribution in [0.15, 0.2) is 29.6 Å². The van der Waals surface area contributed by atoms with Crippen LogP contribution in [-0.2, 0) is 11.3 Å². The molecule has 1 N–H and O–H groups in total. The number of hydrogen-bond donors (Lipinski definition) is 1. The molecular formula is C18H22N4O5S. The fourth-order valence-corrected chi connectivity index (χ4v) is 2.96. The lowest BCUT2D eigenvalue weighted by molar-refractivity contribution is -0.384. The lowest BCUT2D eigenvalue weighted by atomic mass is 10.1. The number of nitro benzene ring substituents is 1. The Hall–Kier alpha value is -3.01. The van der Waals surface area contributed by atoms with Crippen molar-refractivity contribution in [2.45, 2.75) is 33.4 Å². The Kier molecular flexibility index (Phi) is 7.05. The van der Waals surface area contributed by atoms with Gasteiger partial charge in [-0.15, -0.1) is 11.3 Å². The maximum Gasteiger partial charge on any atom is 0.334 e. The summed E-state index contributed by atoms with van der Waals surface area (Å²) in [7, 11) is 1.61. The third-order valence-corrected chi connectivity index (χ3v) is 4.70. The second-order valence-corrected chi connectivity index (χ2v) is 7.62. The topological polar surface area (TPSA) is 115 Å². The van der Waals surface area contributed by atoms with Gasteiger partial charge in [0.25, 0.3) is 5.69 Å². The Morgan fingerprint density at radius 3 is 2.46 bits per heavy atom. The van der Waals surface area contributed by atoms with Crippen molar-refractivity contribution in [1.82, 2.24) is 15.2 Å². The van der Waals surface area contributed by atoms with E-state index in [-0.39, 0.29) is 17.4 Å². The monoisotopic (exact) mass is 406 g/mol. The normalized spacial score (nSPS) is 11.8. The maximum absolute atomic E-state index is 12.5. The zero-order valence-corrected chi connectivity index (χ0v) is 16.9. The van der Waals surface area contributed by atoms with Gasteiger partial charge >= 0.3 is 12.0 Å². The van der Waals surface area contributed by atoms with Gasteiger partial charge in [-0.3, -0.25) is 10.1 Å². The molecule has 2 amide bonds. The minimum atomic E-state index is -0.873. The van der Waals surface area contributed by atoms with Crippen LogP contribution in [0.4, 0.5) is 10.5 Å². The average molecular weight is 406 g/mol. The molecule has 0 bridgehead atoms. The van der Waals surface area contributed by atoms with Gasteiger partial charge in [-0.2, -0.15) is 0 Å². The van der Waals surface area contributed by atoms with Gasteiger partial charge in [0.1, 0.15) is 11.8 Å². The molecular weight excluding hydrogens is 384 g/mol. The highest BCUT2D eigenvalue weighted by atomic mass is 32.1. The molecule has 0 aliphatic carbocycles. The molecule has 1 heterocycles. The Bertz CT molecular complexity index is 850. The number of ether oxygens (including phenoxy) is 1. The molecule has 0 saturated heterocycles. The molecule has 0 spiro atoms. The number of rotatable bonds is 7. The minimum absolute atomic E-state index is 0.104. The first kappa shape index (κ1) is 21.3. The maximum atomic E-state index is 12.5.